The number of rotatable bonds is 4. The first-order valence-electron chi connectivity index (χ1n) is 8.13. The van der Waals surface area contributed by atoms with Crippen LogP contribution in [0.1, 0.15) is 44.6 Å². The predicted octanol–water partition coefficient (Wildman–Crippen LogP) is 4.36. The monoisotopic (exact) mass is 331 g/mol. The standard InChI is InChI=1S/C18H21NO3S/c1-12(14-7-3-2-4-8-14)22-15-9-5-6-13(10-15)11-16-17(20)19-18(21)23-16/h5-6,9-12,14H,2-4,7-8H2,1H3,(H,19,20,21)/b16-11+. The molecule has 2 aliphatic rings. The molecular formula is C18H21NO3S. The van der Waals surface area contributed by atoms with Crippen molar-refractivity contribution in [3.8, 4) is 5.75 Å². The maximum Gasteiger partial charge on any atom is 0.290 e. The number of carbonyl (C=O) groups excluding carboxylic acids is 2. The van der Waals surface area contributed by atoms with Crippen molar-refractivity contribution in [1.82, 2.24) is 5.32 Å². The van der Waals surface area contributed by atoms with E-state index in [-0.39, 0.29) is 17.3 Å². The van der Waals surface area contributed by atoms with Crippen molar-refractivity contribution in [2.75, 3.05) is 0 Å². The van der Waals surface area contributed by atoms with Gasteiger partial charge in [0.1, 0.15) is 5.75 Å². The number of ether oxygens (including phenoxy) is 1. The van der Waals surface area contributed by atoms with Crippen LogP contribution in [0.15, 0.2) is 29.2 Å². The molecule has 122 valence electrons. The summed E-state index contributed by atoms with van der Waals surface area (Å²) in [7, 11) is 0. The van der Waals surface area contributed by atoms with Crippen LogP contribution < -0.4 is 10.1 Å². The third-order valence-electron chi connectivity index (χ3n) is 4.43. The van der Waals surface area contributed by atoms with Crippen molar-refractivity contribution in [1.29, 1.82) is 0 Å². The van der Waals surface area contributed by atoms with Crippen LogP contribution in [0.5, 0.6) is 5.75 Å². The number of benzene rings is 1. The van der Waals surface area contributed by atoms with Gasteiger partial charge in [-0.25, -0.2) is 0 Å². The van der Waals surface area contributed by atoms with E-state index in [0.29, 0.717) is 10.8 Å². The molecule has 1 aliphatic heterocycles. The Morgan fingerprint density at radius 2 is 2.04 bits per heavy atom. The second kappa shape index (κ2) is 7.21. The Bertz CT molecular complexity index is 635. The second-order valence-electron chi connectivity index (χ2n) is 6.15. The zero-order chi connectivity index (χ0) is 16.2. The average Bonchev–Trinajstić information content (AvgIpc) is 2.86. The lowest BCUT2D eigenvalue weighted by molar-refractivity contribution is -0.115. The Kier molecular flexibility index (Phi) is 5.06. The lowest BCUT2D eigenvalue weighted by Gasteiger charge is -2.28. The molecule has 0 spiro atoms. The first kappa shape index (κ1) is 16.1. The molecule has 1 aromatic carbocycles. The van der Waals surface area contributed by atoms with Crippen LogP contribution in [0.3, 0.4) is 0 Å². The molecule has 1 aromatic rings. The minimum Gasteiger partial charge on any atom is -0.490 e. The Morgan fingerprint density at radius 1 is 1.26 bits per heavy atom. The van der Waals surface area contributed by atoms with E-state index in [9.17, 15) is 9.59 Å². The molecule has 1 saturated heterocycles. The summed E-state index contributed by atoms with van der Waals surface area (Å²) in [6, 6.07) is 7.67. The molecule has 1 atom stereocenters. The number of carbonyl (C=O) groups is 2. The summed E-state index contributed by atoms with van der Waals surface area (Å²) < 4.78 is 6.10. The van der Waals surface area contributed by atoms with E-state index in [4.69, 9.17) is 4.74 Å². The fraction of sp³-hybridized carbons (Fsp3) is 0.444. The average molecular weight is 331 g/mol. The van der Waals surface area contributed by atoms with E-state index in [1.54, 1.807) is 6.08 Å². The number of imide groups is 1. The fourth-order valence-electron chi connectivity index (χ4n) is 3.16. The van der Waals surface area contributed by atoms with E-state index < -0.39 is 0 Å². The van der Waals surface area contributed by atoms with Gasteiger partial charge < -0.3 is 4.74 Å². The summed E-state index contributed by atoms with van der Waals surface area (Å²) in [6.07, 6.45) is 8.33. The van der Waals surface area contributed by atoms with Crippen LogP contribution >= 0.6 is 11.8 Å². The number of hydrogen-bond donors (Lipinski definition) is 1. The third kappa shape index (κ3) is 4.16. The highest BCUT2D eigenvalue weighted by Crippen LogP contribution is 2.30. The molecule has 23 heavy (non-hydrogen) atoms. The van der Waals surface area contributed by atoms with E-state index in [1.807, 2.05) is 24.3 Å². The molecule has 1 saturated carbocycles. The van der Waals surface area contributed by atoms with Crippen molar-refractivity contribution in [2.24, 2.45) is 5.92 Å². The highest BCUT2D eigenvalue weighted by molar-refractivity contribution is 8.18. The molecule has 2 amide bonds. The van der Waals surface area contributed by atoms with Crippen LogP contribution in [0, 0.1) is 5.92 Å². The van der Waals surface area contributed by atoms with Gasteiger partial charge in [-0.1, -0.05) is 31.4 Å². The molecule has 2 fully saturated rings. The van der Waals surface area contributed by atoms with E-state index in [1.165, 1.54) is 32.1 Å². The van der Waals surface area contributed by atoms with Gasteiger partial charge in [-0.05, 0) is 61.2 Å². The zero-order valence-corrected chi connectivity index (χ0v) is 14.0. The zero-order valence-electron chi connectivity index (χ0n) is 13.2. The van der Waals surface area contributed by atoms with Crippen LogP contribution in [0.4, 0.5) is 4.79 Å². The van der Waals surface area contributed by atoms with Gasteiger partial charge in [-0.15, -0.1) is 0 Å². The molecule has 0 bridgehead atoms. The van der Waals surface area contributed by atoms with Gasteiger partial charge in [0.25, 0.3) is 11.1 Å². The van der Waals surface area contributed by atoms with Gasteiger partial charge in [0.15, 0.2) is 0 Å². The molecule has 0 radical (unpaired) electrons. The summed E-state index contributed by atoms with van der Waals surface area (Å²) >= 11 is 0.932. The molecule has 0 aromatic heterocycles. The molecule has 1 N–H and O–H groups in total. The Balaban J connectivity index is 1.68. The molecule has 3 rings (SSSR count). The van der Waals surface area contributed by atoms with Gasteiger partial charge in [0, 0.05) is 0 Å². The normalized spacial score (nSPS) is 22.2. The molecule has 4 nitrogen and oxygen atoms in total. The van der Waals surface area contributed by atoms with Gasteiger partial charge in [-0.3, -0.25) is 14.9 Å². The van der Waals surface area contributed by atoms with Gasteiger partial charge in [0.05, 0.1) is 11.0 Å². The Morgan fingerprint density at radius 3 is 2.74 bits per heavy atom. The number of nitrogens with one attached hydrogen (secondary N) is 1. The molecule has 5 heteroatoms. The summed E-state index contributed by atoms with van der Waals surface area (Å²) in [4.78, 5) is 23.2. The minimum absolute atomic E-state index is 0.198. The van der Waals surface area contributed by atoms with Crippen molar-refractivity contribution in [3.63, 3.8) is 0 Å². The topological polar surface area (TPSA) is 55.4 Å². The highest BCUT2D eigenvalue weighted by Gasteiger charge is 2.25. The second-order valence-corrected chi connectivity index (χ2v) is 7.16. The quantitative estimate of drug-likeness (QED) is 0.833. The van der Waals surface area contributed by atoms with Crippen molar-refractivity contribution in [2.45, 2.75) is 45.1 Å². The maximum atomic E-state index is 11.6. The molecule has 1 unspecified atom stereocenters. The number of amides is 2. The lowest BCUT2D eigenvalue weighted by atomic mass is 9.86. The lowest BCUT2D eigenvalue weighted by Crippen LogP contribution is -2.25. The Hall–Kier alpha value is -1.75. The highest BCUT2D eigenvalue weighted by atomic mass is 32.2. The SMILES string of the molecule is CC(Oc1cccc(/C=C2/SC(=O)NC2=O)c1)C1CCCCC1. The van der Waals surface area contributed by atoms with Gasteiger partial charge in [0.2, 0.25) is 0 Å². The van der Waals surface area contributed by atoms with Gasteiger partial charge in [-0.2, -0.15) is 0 Å². The first-order chi connectivity index (χ1) is 11.1. The minimum atomic E-state index is -0.332. The summed E-state index contributed by atoms with van der Waals surface area (Å²) in [6.45, 7) is 2.14. The van der Waals surface area contributed by atoms with Gasteiger partial charge >= 0.3 is 0 Å². The largest absolute Gasteiger partial charge is 0.490 e. The first-order valence-corrected chi connectivity index (χ1v) is 8.95. The van der Waals surface area contributed by atoms with Crippen molar-refractivity contribution >= 4 is 29.0 Å². The van der Waals surface area contributed by atoms with E-state index >= 15 is 0 Å². The smallest absolute Gasteiger partial charge is 0.290 e. The molecular weight excluding hydrogens is 310 g/mol. The third-order valence-corrected chi connectivity index (χ3v) is 5.24. The predicted molar refractivity (Wildman–Crippen MR) is 92.2 cm³/mol. The number of thioether (sulfide) groups is 1. The summed E-state index contributed by atoms with van der Waals surface area (Å²) in [5.41, 5.74) is 0.866. The van der Waals surface area contributed by atoms with Crippen LogP contribution in [-0.2, 0) is 4.79 Å². The van der Waals surface area contributed by atoms with Crippen molar-refractivity contribution in [3.05, 3.63) is 34.7 Å². The van der Waals surface area contributed by atoms with E-state index in [0.717, 1.165) is 23.1 Å². The fourth-order valence-corrected chi connectivity index (χ4v) is 3.85. The van der Waals surface area contributed by atoms with E-state index in [2.05, 4.69) is 12.2 Å². The Labute approximate surface area is 140 Å². The summed E-state index contributed by atoms with van der Waals surface area (Å²) in [5, 5.41) is 1.94. The molecule has 1 heterocycles. The number of hydrogen-bond acceptors (Lipinski definition) is 4. The maximum absolute atomic E-state index is 11.6. The van der Waals surface area contributed by atoms with Crippen molar-refractivity contribution < 1.29 is 14.3 Å². The van der Waals surface area contributed by atoms with Crippen LogP contribution in [0.2, 0.25) is 0 Å². The van der Waals surface area contributed by atoms with Crippen LogP contribution in [-0.4, -0.2) is 17.3 Å². The van der Waals surface area contributed by atoms with Crippen LogP contribution in [0.25, 0.3) is 6.08 Å². The molecule has 1 aliphatic carbocycles. The summed E-state index contributed by atoms with van der Waals surface area (Å²) in [5.74, 6) is 1.11.